The van der Waals surface area contributed by atoms with Gasteiger partial charge in [0.2, 0.25) is 0 Å². The van der Waals surface area contributed by atoms with E-state index in [1.54, 1.807) is 0 Å². The van der Waals surface area contributed by atoms with Crippen molar-refractivity contribution in [1.29, 1.82) is 0 Å². The van der Waals surface area contributed by atoms with E-state index in [0.717, 1.165) is 0 Å². The number of rotatable bonds is 0. The van der Waals surface area contributed by atoms with Crippen LogP contribution in [0, 0.1) is 0 Å². The monoisotopic (exact) mass is 219 g/mol. The fraction of sp³-hybridized carbons (Fsp3) is 0. The van der Waals surface area contributed by atoms with Crippen LogP contribution in [0.4, 0.5) is 0 Å². The summed E-state index contributed by atoms with van der Waals surface area (Å²) in [5.41, 5.74) is 0. The van der Waals surface area contributed by atoms with E-state index in [1.807, 2.05) is 0 Å². The SMILES string of the molecule is [B].[B].[B].[B].[Cu+2].[O-2].[O-2].[O-2].[O-2].[O-2].[O-2].[O-2]. The molecule has 0 aliphatic heterocycles. The summed E-state index contributed by atoms with van der Waals surface area (Å²) in [6.45, 7) is 0. The molecule has 0 atom stereocenters. The Hall–Kier alpha value is 0.499. The predicted octanol–water partition coefficient (Wildman–Crippen LogP) is -2.36. The first kappa shape index (κ1) is 6630. The standard InChI is InChI=1S/4B.Cu.7O/q;;;;+2;7*-2. The Morgan fingerprint density at radius 2 is 0.250 bits per heavy atom. The van der Waals surface area contributed by atoms with Crippen molar-refractivity contribution in [2.75, 3.05) is 0 Å². The summed E-state index contributed by atoms with van der Waals surface area (Å²) in [5.74, 6) is 0. The largest absolute Gasteiger partial charge is 2.00 e. The average molecular weight is 219 g/mol. The van der Waals surface area contributed by atoms with Gasteiger partial charge in [-0.15, -0.1) is 0 Å². The zero-order valence-electron chi connectivity index (χ0n) is 5.47. The van der Waals surface area contributed by atoms with Gasteiger partial charge in [-0.25, -0.2) is 0 Å². The van der Waals surface area contributed by atoms with Crippen molar-refractivity contribution in [3.05, 3.63) is 0 Å². The third kappa shape index (κ3) is 3800. The first-order valence-electron chi connectivity index (χ1n) is 0. The number of hydrogen-bond acceptors (Lipinski definition) is 0. The van der Waals surface area contributed by atoms with Crippen LogP contribution in [0.1, 0.15) is 0 Å². The summed E-state index contributed by atoms with van der Waals surface area (Å²) in [7, 11) is 0. The minimum absolute atomic E-state index is 0. The summed E-state index contributed by atoms with van der Waals surface area (Å²) >= 11 is 0. The molecule has 12 heteroatoms. The van der Waals surface area contributed by atoms with Crippen molar-refractivity contribution in [3.8, 4) is 0 Å². The minimum atomic E-state index is 0. The molecule has 13 radical (unpaired) electrons. The van der Waals surface area contributed by atoms with Crippen molar-refractivity contribution in [3.63, 3.8) is 0 Å². The first-order valence-corrected chi connectivity index (χ1v) is 0. The molecule has 0 amide bonds. The Balaban J connectivity index is 0. The van der Waals surface area contributed by atoms with Crippen molar-refractivity contribution in [2.45, 2.75) is 0 Å². The molecule has 0 aliphatic carbocycles. The average Bonchev–Trinajstić information content (AvgIpc) is 0. The summed E-state index contributed by atoms with van der Waals surface area (Å²) in [5, 5.41) is 0. The smallest absolute Gasteiger partial charge is 2.00 e. The van der Waals surface area contributed by atoms with Gasteiger partial charge in [-0.1, -0.05) is 0 Å². The van der Waals surface area contributed by atoms with E-state index < -0.39 is 0 Å². The molecular weight excluding hydrogens is 219 g/mol. The predicted molar refractivity (Wildman–Crippen MR) is 27.8 cm³/mol. The normalized spacial score (nSPS) is 0. The molecule has 0 aliphatic rings. The Morgan fingerprint density at radius 1 is 0.250 bits per heavy atom. The van der Waals surface area contributed by atoms with E-state index in [0.29, 0.717) is 0 Å². The van der Waals surface area contributed by atoms with Crippen molar-refractivity contribution in [2.24, 2.45) is 0 Å². The fourth-order valence-electron chi connectivity index (χ4n) is 0. The van der Waals surface area contributed by atoms with Gasteiger partial charge in [-0.05, 0) is 0 Å². The molecule has 0 unspecified atom stereocenters. The van der Waals surface area contributed by atoms with Crippen molar-refractivity contribution >= 4 is 33.7 Å². The molecule has 0 bridgehead atoms. The summed E-state index contributed by atoms with van der Waals surface area (Å²) in [6.07, 6.45) is 0. The Bertz CT molecular complexity index is 15.4. The van der Waals surface area contributed by atoms with Gasteiger partial charge >= 0.3 is 17.1 Å². The van der Waals surface area contributed by atoms with Crippen LogP contribution in [0.3, 0.4) is 0 Å². The van der Waals surface area contributed by atoms with E-state index >= 15 is 0 Å². The molecule has 77 valence electrons. The molecule has 0 spiro atoms. The molecular formula is B4CuO7-12. The first-order chi connectivity index (χ1) is 0. The maximum Gasteiger partial charge on any atom is 2.00 e. The van der Waals surface area contributed by atoms with Gasteiger partial charge in [0.05, 0.1) is 0 Å². The van der Waals surface area contributed by atoms with Crippen LogP contribution < -0.4 is 0 Å². The Labute approximate surface area is 89.6 Å². The molecule has 12 heavy (non-hydrogen) atoms. The van der Waals surface area contributed by atoms with Crippen LogP contribution in [-0.2, 0) is 55.4 Å². The van der Waals surface area contributed by atoms with E-state index in [-0.39, 0.29) is 89.1 Å². The molecule has 0 fully saturated rings. The van der Waals surface area contributed by atoms with Gasteiger partial charge in [0.25, 0.3) is 0 Å². The third-order valence-corrected chi connectivity index (χ3v) is 0. The van der Waals surface area contributed by atoms with Crippen molar-refractivity contribution in [1.82, 2.24) is 0 Å². The van der Waals surface area contributed by atoms with E-state index in [1.165, 1.54) is 0 Å². The van der Waals surface area contributed by atoms with E-state index in [4.69, 9.17) is 0 Å². The topological polar surface area (TPSA) is 200 Å². The van der Waals surface area contributed by atoms with Crippen LogP contribution in [0.15, 0.2) is 0 Å². The zero-order chi connectivity index (χ0) is 0. The Kier molecular flexibility index (Phi) is 2810000. The van der Waals surface area contributed by atoms with Gasteiger partial charge in [0, 0.05) is 33.7 Å². The van der Waals surface area contributed by atoms with Crippen molar-refractivity contribution < 1.29 is 55.4 Å². The quantitative estimate of drug-likeness (QED) is 0.392. The van der Waals surface area contributed by atoms with E-state index in [9.17, 15) is 0 Å². The molecule has 0 heterocycles. The third-order valence-electron chi connectivity index (χ3n) is 0. The molecule has 0 saturated heterocycles. The second kappa shape index (κ2) is 5090. The summed E-state index contributed by atoms with van der Waals surface area (Å²) in [6, 6.07) is 0. The molecule has 0 aromatic carbocycles. The van der Waals surface area contributed by atoms with Gasteiger partial charge in [0.1, 0.15) is 0 Å². The minimum Gasteiger partial charge on any atom is -2.00 e. The van der Waals surface area contributed by atoms with Crippen LogP contribution in [-0.4, -0.2) is 33.7 Å². The van der Waals surface area contributed by atoms with Crippen LogP contribution in [0.5, 0.6) is 0 Å². The van der Waals surface area contributed by atoms with E-state index in [2.05, 4.69) is 0 Å². The zero-order valence-corrected chi connectivity index (χ0v) is 6.41. The molecule has 0 N–H and O–H groups in total. The summed E-state index contributed by atoms with van der Waals surface area (Å²) in [4.78, 5) is 0. The maximum atomic E-state index is 0. The second-order valence-electron chi connectivity index (χ2n) is 0. The number of hydrogen-bond donors (Lipinski definition) is 0. The van der Waals surface area contributed by atoms with Crippen LogP contribution >= 0.6 is 0 Å². The molecule has 7 nitrogen and oxygen atoms in total. The molecule has 0 rings (SSSR count). The molecule has 0 aromatic heterocycles. The van der Waals surface area contributed by atoms with Crippen LogP contribution in [0.25, 0.3) is 0 Å². The maximum absolute atomic E-state index is 0. The van der Waals surface area contributed by atoms with Crippen LogP contribution in [0.2, 0.25) is 0 Å². The molecule has 0 aromatic rings. The summed E-state index contributed by atoms with van der Waals surface area (Å²) < 4.78 is 0. The van der Waals surface area contributed by atoms with Gasteiger partial charge in [-0.2, -0.15) is 0 Å². The van der Waals surface area contributed by atoms with Gasteiger partial charge in [-0.3, -0.25) is 0 Å². The Morgan fingerprint density at radius 3 is 0.250 bits per heavy atom. The van der Waals surface area contributed by atoms with Gasteiger partial charge in [0.15, 0.2) is 0 Å². The fourth-order valence-corrected chi connectivity index (χ4v) is 0. The molecule has 0 saturated carbocycles. The van der Waals surface area contributed by atoms with Gasteiger partial charge < -0.3 is 38.3 Å². The second-order valence-corrected chi connectivity index (χ2v) is 0.